The molecule has 0 bridgehead atoms. The Bertz CT molecular complexity index is 787. The highest BCUT2D eigenvalue weighted by atomic mass is 32.2. The van der Waals surface area contributed by atoms with Gasteiger partial charge < -0.3 is 10.2 Å². The van der Waals surface area contributed by atoms with Gasteiger partial charge in [0.1, 0.15) is 5.03 Å². The molecule has 0 saturated heterocycles. The van der Waals surface area contributed by atoms with Crippen LogP contribution in [-0.4, -0.2) is 41.0 Å². The second-order valence-corrected chi connectivity index (χ2v) is 6.43. The molecule has 1 heterocycles. The molecule has 8 heteroatoms. The standard InChI is InChI=1S/C18H19F2N3O2S/c1-3-12-7-4-5-9-14(12)22-15(24)11-23(2)17(25)13-8-6-10-21-16(13)26-18(19)20/h4-10,18H,3,11H2,1-2H3,(H,22,24). The van der Waals surface area contributed by atoms with Crippen LogP contribution in [0.5, 0.6) is 0 Å². The molecule has 1 aromatic carbocycles. The number of aromatic nitrogens is 1. The number of amides is 2. The number of anilines is 1. The molecule has 2 rings (SSSR count). The van der Waals surface area contributed by atoms with E-state index < -0.39 is 11.7 Å². The highest BCUT2D eigenvalue weighted by Crippen LogP contribution is 2.27. The number of rotatable bonds is 7. The number of carbonyl (C=O) groups is 2. The van der Waals surface area contributed by atoms with E-state index in [1.807, 2.05) is 25.1 Å². The summed E-state index contributed by atoms with van der Waals surface area (Å²) in [4.78, 5) is 29.8. The van der Waals surface area contributed by atoms with Crippen molar-refractivity contribution in [1.29, 1.82) is 0 Å². The van der Waals surface area contributed by atoms with Crippen LogP contribution in [0, 0.1) is 0 Å². The van der Waals surface area contributed by atoms with E-state index in [9.17, 15) is 18.4 Å². The second kappa shape index (κ2) is 9.28. The first-order valence-corrected chi connectivity index (χ1v) is 8.83. The molecule has 138 valence electrons. The zero-order valence-corrected chi connectivity index (χ0v) is 15.2. The van der Waals surface area contributed by atoms with Crippen LogP contribution in [0.15, 0.2) is 47.6 Å². The molecule has 0 unspecified atom stereocenters. The Kier molecular flexibility index (Phi) is 7.08. The third-order valence-electron chi connectivity index (χ3n) is 3.60. The maximum Gasteiger partial charge on any atom is 0.290 e. The van der Waals surface area contributed by atoms with Crippen LogP contribution >= 0.6 is 11.8 Å². The lowest BCUT2D eigenvalue weighted by molar-refractivity contribution is -0.116. The molecule has 1 N–H and O–H groups in total. The Morgan fingerprint density at radius 2 is 1.96 bits per heavy atom. The van der Waals surface area contributed by atoms with Gasteiger partial charge in [-0.3, -0.25) is 9.59 Å². The largest absolute Gasteiger partial charge is 0.332 e. The molecule has 0 saturated carbocycles. The third kappa shape index (κ3) is 5.26. The number of hydrogen-bond acceptors (Lipinski definition) is 4. The molecule has 0 spiro atoms. The van der Waals surface area contributed by atoms with Crippen molar-refractivity contribution in [2.24, 2.45) is 0 Å². The zero-order chi connectivity index (χ0) is 19.1. The lowest BCUT2D eigenvalue weighted by Gasteiger charge is -2.18. The van der Waals surface area contributed by atoms with Gasteiger partial charge >= 0.3 is 0 Å². The second-order valence-electron chi connectivity index (χ2n) is 5.45. The van der Waals surface area contributed by atoms with Crippen LogP contribution in [0.4, 0.5) is 14.5 Å². The lowest BCUT2D eigenvalue weighted by Crippen LogP contribution is -2.35. The Morgan fingerprint density at radius 1 is 1.23 bits per heavy atom. The summed E-state index contributed by atoms with van der Waals surface area (Å²) in [5.41, 5.74) is 1.72. The number of hydrogen-bond donors (Lipinski definition) is 1. The maximum absolute atomic E-state index is 12.6. The third-order valence-corrected chi connectivity index (χ3v) is 4.33. The molecular weight excluding hydrogens is 360 g/mol. The summed E-state index contributed by atoms with van der Waals surface area (Å²) in [7, 11) is 1.44. The molecule has 2 amide bonds. The molecule has 26 heavy (non-hydrogen) atoms. The van der Waals surface area contributed by atoms with Gasteiger partial charge in [0.05, 0.1) is 12.1 Å². The number of alkyl halides is 2. The van der Waals surface area contributed by atoms with Crippen molar-refractivity contribution in [2.75, 3.05) is 18.9 Å². The van der Waals surface area contributed by atoms with Crippen LogP contribution in [0.1, 0.15) is 22.8 Å². The molecule has 0 fully saturated rings. The quantitative estimate of drug-likeness (QED) is 0.746. The number of benzene rings is 1. The SMILES string of the molecule is CCc1ccccc1NC(=O)CN(C)C(=O)c1cccnc1SC(F)F. The van der Waals surface area contributed by atoms with Gasteiger partial charge in [0.15, 0.2) is 0 Å². The Morgan fingerprint density at radius 3 is 2.65 bits per heavy atom. The van der Waals surface area contributed by atoms with Gasteiger partial charge in [-0.25, -0.2) is 4.98 Å². The van der Waals surface area contributed by atoms with Crippen LogP contribution < -0.4 is 5.32 Å². The van der Waals surface area contributed by atoms with Crippen LogP contribution in [0.3, 0.4) is 0 Å². The normalized spacial score (nSPS) is 10.7. The van der Waals surface area contributed by atoms with Crippen LogP contribution in [0.2, 0.25) is 0 Å². The van der Waals surface area contributed by atoms with Crippen molar-refractivity contribution >= 4 is 29.3 Å². The van der Waals surface area contributed by atoms with Crippen molar-refractivity contribution in [3.8, 4) is 0 Å². The van der Waals surface area contributed by atoms with Gasteiger partial charge in [-0.1, -0.05) is 25.1 Å². The van der Waals surface area contributed by atoms with Crippen molar-refractivity contribution < 1.29 is 18.4 Å². The number of pyridine rings is 1. The summed E-state index contributed by atoms with van der Waals surface area (Å²) in [5, 5.41) is 2.71. The minimum Gasteiger partial charge on any atom is -0.332 e. The minimum atomic E-state index is -2.68. The summed E-state index contributed by atoms with van der Waals surface area (Å²) in [6.07, 6.45) is 2.10. The fraction of sp³-hybridized carbons (Fsp3) is 0.278. The Labute approximate surface area is 154 Å². The summed E-state index contributed by atoms with van der Waals surface area (Å²) >= 11 is 0.205. The summed E-state index contributed by atoms with van der Waals surface area (Å²) < 4.78 is 25.2. The molecule has 0 radical (unpaired) electrons. The molecule has 5 nitrogen and oxygen atoms in total. The van der Waals surface area contributed by atoms with Gasteiger partial charge in [-0.05, 0) is 41.9 Å². The van der Waals surface area contributed by atoms with E-state index in [1.54, 1.807) is 6.07 Å². The van der Waals surface area contributed by atoms with Gasteiger partial charge in [0, 0.05) is 18.9 Å². The molecule has 2 aromatic rings. The van der Waals surface area contributed by atoms with E-state index in [0.717, 1.165) is 12.0 Å². The number of thioether (sulfide) groups is 1. The predicted octanol–water partition coefficient (Wildman–Crippen LogP) is 3.67. The lowest BCUT2D eigenvalue weighted by atomic mass is 10.1. The molecule has 0 aliphatic heterocycles. The first kappa shape index (κ1) is 19.8. The first-order valence-electron chi connectivity index (χ1n) is 7.95. The van der Waals surface area contributed by atoms with Gasteiger partial charge in [-0.15, -0.1) is 0 Å². The first-order chi connectivity index (χ1) is 12.4. The van der Waals surface area contributed by atoms with Crippen molar-refractivity contribution in [1.82, 2.24) is 9.88 Å². The average molecular weight is 379 g/mol. The van der Waals surface area contributed by atoms with E-state index in [-0.39, 0.29) is 34.8 Å². The molecule has 0 aliphatic carbocycles. The number of likely N-dealkylation sites (N-methyl/N-ethyl adjacent to an activating group) is 1. The van der Waals surface area contributed by atoms with Crippen molar-refractivity contribution in [3.05, 3.63) is 53.7 Å². The number of nitrogens with zero attached hydrogens (tertiary/aromatic N) is 2. The highest BCUT2D eigenvalue weighted by Gasteiger charge is 2.21. The topological polar surface area (TPSA) is 62.3 Å². The van der Waals surface area contributed by atoms with E-state index in [4.69, 9.17) is 0 Å². The Balaban J connectivity index is 2.06. The number of halogens is 2. The zero-order valence-electron chi connectivity index (χ0n) is 14.4. The van der Waals surface area contributed by atoms with E-state index in [0.29, 0.717) is 5.69 Å². The highest BCUT2D eigenvalue weighted by molar-refractivity contribution is 7.99. The van der Waals surface area contributed by atoms with Gasteiger partial charge in [0.2, 0.25) is 5.91 Å². The number of nitrogens with one attached hydrogen (secondary N) is 1. The molecule has 0 atom stereocenters. The Hall–Kier alpha value is -2.48. The summed E-state index contributed by atoms with van der Waals surface area (Å²) in [6.45, 7) is 1.77. The van der Waals surface area contributed by atoms with Crippen LogP contribution in [0.25, 0.3) is 0 Å². The molecule has 1 aromatic heterocycles. The van der Waals surface area contributed by atoms with Crippen molar-refractivity contribution in [3.63, 3.8) is 0 Å². The van der Waals surface area contributed by atoms with E-state index in [2.05, 4.69) is 10.3 Å². The molecule has 0 aliphatic rings. The monoisotopic (exact) mass is 379 g/mol. The maximum atomic E-state index is 12.6. The fourth-order valence-corrected chi connectivity index (χ4v) is 2.94. The fourth-order valence-electron chi connectivity index (χ4n) is 2.37. The van der Waals surface area contributed by atoms with Crippen LogP contribution in [-0.2, 0) is 11.2 Å². The summed E-state index contributed by atoms with van der Waals surface area (Å²) in [6, 6.07) is 10.3. The predicted molar refractivity (Wildman–Crippen MR) is 97.5 cm³/mol. The van der Waals surface area contributed by atoms with Gasteiger partial charge in [-0.2, -0.15) is 8.78 Å². The summed E-state index contributed by atoms with van der Waals surface area (Å²) in [5.74, 6) is -3.59. The van der Waals surface area contributed by atoms with E-state index >= 15 is 0 Å². The average Bonchev–Trinajstić information content (AvgIpc) is 2.61. The smallest absolute Gasteiger partial charge is 0.290 e. The number of aryl methyl sites for hydroxylation is 1. The number of carbonyl (C=O) groups excluding carboxylic acids is 2. The van der Waals surface area contributed by atoms with Gasteiger partial charge in [0.25, 0.3) is 11.7 Å². The molecular formula is C18H19F2N3O2S. The minimum absolute atomic E-state index is 0.0436. The van der Waals surface area contributed by atoms with E-state index in [1.165, 1.54) is 30.3 Å². The number of para-hydroxylation sites is 1. The van der Waals surface area contributed by atoms with Crippen molar-refractivity contribution in [2.45, 2.75) is 24.1 Å².